The van der Waals surface area contributed by atoms with Crippen LogP contribution in [0.25, 0.3) is 21.9 Å². The summed E-state index contributed by atoms with van der Waals surface area (Å²) in [5.41, 5.74) is 4.41. The van der Waals surface area contributed by atoms with Gasteiger partial charge in [-0.15, -0.1) is 11.3 Å². The number of aromatic nitrogens is 1. The van der Waals surface area contributed by atoms with E-state index < -0.39 is 0 Å². The van der Waals surface area contributed by atoms with Crippen molar-refractivity contribution in [3.8, 4) is 11.1 Å². The second-order valence-electron chi connectivity index (χ2n) is 7.50. The van der Waals surface area contributed by atoms with Crippen LogP contribution in [0, 0.1) is 0 Å². The number of carbonyl (C=O) groups is 1. The summed E-state index contributed by atoms with van der Waals surface area (Å²) in [5, 5.41) is 2.46. The van der Waals surface area contributed by atoms with Gasteiger partial charge in [0.1, 0.15) is 5.15 Å². The Labute approximate surface area is 194 Å². The van der Waals surface area contributed by atoms with E-state index in [2.05, 4.69) is 29.8 Å². The summed E-state index contributed by atoms with van der Waals surface area (Å²) in [6, 6.07) is 18.4. The van der Waals surface area contributed by atoms with Crippen LogP contribution >= 0.6 is 34.5 Å². The molecule has 2 aromatic carbocycles. The van der Waals surface area contributed by atoms with Gasteiger partial charge in [-0.25, -0.2) is 4.98 Å². The second-order valence-corrected chi connectivity index (χ2v) is 9.63. The summed E-state index contributed by atoms with van der Waals surface area (Å²) in [5.74, 6) is -0.0710. The van der Waals surface area contributed by atoms with Gasteiger partial charge in [0.25, 0.3) is 0 Å². The fraction of sp³-hybridized carbons (Fsp3) is 0.120. The average Bonchev–Trinajstić information content (AvgIpc) is 3.18. The zero-order valence-corrected chi connectivity index (χ0v) is 18.8. The highest BCUT2D eigenvalue weighted by molar-refractivity contribution is 7.16. The Morgan fingerprint density at radius 3 is 2.61 bits per heavy atom. The normalized spacial score (nSPS) is 15.7. The van der Waals surface area contributed by atoms with Gasteiger partial charge in [0.15, 0.2) is 0 Å². The van der Waals surface area contributed by atoms with Gasteiger partial charge in [-0.2, -0.15) is 0 Å². The van der Waals surface area contributed by atoms with Crippen LogP contribution in [0.2, 0.25) is 9.49 Å². The molecule has 0 fully saturated rings. The Balaban J connectivity index is 1.71. The molecule has 1 amide bonds. The SMILES string of the molecule is C=CC(=O)N1Cc2sc(Cl)cc2C(c2ccccc2-c2cnc(Cl)c3ccccc23)C1. The van der Waals surface area contributed by atoms with Gasteiger partial charge in [0.05, 0.1) is 10.9 Å². The van der Waals surface area contributed by atoms with Crippen molar-refractivity contribution in [3.63, 3.8) is 0 Å². The Kier molecular flexibility index (Phi) is 5.30. The topological polar surface area (TPSA) is 33.2 Å². The lowest BCUT2D eigenvalue weighted by molar-refractivity contribution is -0.127. The molecule has 4 aromatic rings. The minimum atomic E-state index is -0.0729. The Hall–Kier alpha value is -2.66. The van der Waals surface area contributed by atoms with E-state index in [4.69, 9.17) is 23.2 Å². The number of thiophene rings is 1. The zero-order chi connectivity index (χ0) is 21.5. The second kappa shape index (κ2) is 8.12. The van der Waals surface area contributed by atoms with Crippen molar-refractivity contribution in [2.45, 2.75) is 12.5 Å². The van der Waals surface area contributed by atoms with Crippen molar-refractivity contribution in [1.29, 1.82) is 0 Å². The number of pyridine rings is 1. The van der Waals surface area contributed by atoms with Crippen LogP contribution < -0.4 is 0 Å². The molecule has 6 heteroatoms. The average molecular weight is 465 g/mol. The van der Waals surface area contributed by atoms with Crippen molar-refractivity contribution >= 4 is 51.2 Å². The minimum absolute atomic E-state index is 0.00189. The molecule has 5 rings (SSSR count). The molecule has 31 heavy (non-hydrogen) atoms. The zero-order valence-electron chi connectivity index (χ0n) is 16.5. The highest BCUT2D eigenvalue weighted by atomic mass is 35.5. The number of fused-ring (bicyclic) bond motifs is 2. The lowest BCUT2D eigenvalue weighted by Crippen LogP contribution is -2.37. The lowest BCUT2D eigenvalue weighted by atomic mass is 9.83. The van der Waals surface area contributed by atoms with Gasteiger partial charge >= 0.3 is 0 Å². The van der Waals surface area contributed by atoms with Crippen molar-refractivity contribution in [3.05, 3.63) is 98.9 Å². The number of nitrogens with zero attached hydrogens (tertiary/aromatic N) is 2. The maximum atomic E-state index is 12.5. The van der Waals surface area contributed by atoms with Crippen molar-refractivity contribution < 1.29 is 4.79 Å². The molecule has 0 saturated heterocycles. The summed E-state index contributed by atoms with van der Waals surface area (Å²) >= 11 is 14.3. The van der Waals surface area contributed by atoms with E-state index in [1.807, 2.05) is 47.5 Å². The van der Waals surface area contributed by atoms with Gasteiger partial charge in [0, 0.05) is 34.5 Å². The van der Waals surface area contributed by atoms with Gasteiger partial charge in [0.2, 0.25) is 5.91 Å². The molecule has 0 saturated carbocycles. The molecule has 3 nitrogen and oxygen atoms in total. The molecular formula is C25H18Cl2N2OS. The maximum Gasteiger partial charge on any atom is 0.246 e. The third-order valence-corrected chi connectivity index (χ3v) is 7.35. The maximum absolute atomic E-state index is 12.5. The Morgan fingerprint density at radius 1 is 1.06 bits per heavy atom. The monoisotopic (exact) mass is 464 g/mol. The quantitative estimate of drug-likeness (QED) is 0.243. The molecule has 1 aliphatic heterocycles. The summed E-state index contributed by atoms with van der Waals surface area (Å²) in [6.45, 7) is 4.80. The highest BCUT2D eigenvalue weighted by Crippen LogP contribution is 2.44. The van der Waals surface area contributed by atoms with Crippen LogP contribution in [0.1, 0.15) is 21.9 Å². The molecule has 1 unspecified atom stereocenters. The minimum Gasteiger partial charge on any atom is -0.333 e. The molecule has 0 N–H and O–H groups in total. The van der Waals surface area contributed by atoms with Gasteiger partial charge < -0.3 is 4.90 Å². The summed E-state index contributed by atoms with van der Waals surface area (Å²) < 4.78 is 0.735. The number of amides is 1. The molecule has 3 heterocycles. The van der Waals surface area contributed by atoms with E-state index in [1.54, 1.807) is 0 Å². The third-order valence-electron chi connectivity index (χ3n) is 5.78. The van der Waals surface area contributed by atoms with Crippen molar-refractivity contribution in [2.75, 3.05) is 6.54 Å². The van der Waals surface area contributed by atoms with Gasteiger partial charge in [-0.1, -0.05) is 78.3 Å². The number of halogens is 2. The van der Waals surface area contributed by atoms with E-state index in [0.29, 0.717) is 18.2 Å². The number of benzene rings is 2. The first-order valence-corrected chi connectivity index (χ1v) is 11.5. The predicted molar refractivity (Wildman–Crippen MR) is 129 cm³/mol. The molecule has 0 spiro atoms. The van der Waals surface area contributed by atoms with Crippen molar-refractivity contribution in [1.82, 2.24) is 9.88 Å². The van der Waals surface area contributed by atoms with Gasteiger partial charge in [-0.05, 0) is 34.2 Å². The first kappa shape index (κ1) is 20.3. The molecule has 0 bridgehead atoms. The van der Waals surface area contributed by atoms with Crippen LogP contribution in [0.4, 0.5) is 0 Å². The molecule has 1 aliphatic rings. The van der Waals surface area contributed by atoms with Crippen LogP contribution in [0.5, 0.6) is 0 Å². The number of carbonyl (C=O) groups excluding carboxylic acids is 1. The van der Waals surface area contributed by atoms with Crippen LogP contribution in [-0.4, -0.2) is 22.3 Å². The Morgan fingerprint density at radius 2 is 1.81 bits per heavy atom. The number of hydrogen-bond donors (Lipinski definition) is 0. The molecule has 0 aliphatic carbocycles. The molecule has 2 aromatic heterocycles. The third kappa shape index (κ3) is 3.55. The lowest BCUT2D eigenvalue weighted by Gasteiger charge is -2.33. The largest absolute Gasteiger partial charge is 0.333 e. The van der Waals surface area contributed by atoms with E-state index in [0.717, 1.165) is 36.7 Å². The van der Waals surface area contributed by atoms with E-state index >= 15 is 0 Å². The summed E-state index contributed by atoms with van der Waals surface area (Å²) in [7, 11) is 0. The highest BCUT2D eigenvalue weighted by Gasteiger charge is 2.32. The fourth-order valence-corrected chi connectivity index (χ4v) is 5.94. The predicted octanol–water partition coefficient (Wildman–Crippen LogP) is 6.93. The molecule has 0 radical (unpaired) electrons. The standard InChI is InChI=1S/C25H18Cl2N2OS/c1-2-24(30)29-13-21(19-11-23(26)31-22(19)14-29)16-8-4-3-7-15(16)20-12-28-25(27)18-10-6-5-9-17(18)20/h2-12,21H,1,13-14H2. The fourth-order valence-electron chi connectivity index (χ4n) is 4.37. The summed E-state index contributed by atoms with van der Waals surface area (Å²) in [6.07, 6.45) is 3.21. The van der Waals surface area contributed by atoms with Gasteiger partial charge in [-0.3, -0.25) is 4.79 Å². The van der Waals surface area contributed by atoms with E-state index in [-0.39, 0.29) is 11.8 Å². The van der Waals surface area contributed by atoms with E-state index in [1.165, 1.54) is 23.0 Å². The smallest absolute Gasteiger partial charge is 0.246 e. The van der Waals surface area contributed by atoms with Crippen molar-refractivity contribution in [2.24, 2.45) is 0 Å². The van der Waals surface area contributed by atoms with Crippen LogP contribution in [-0.2, 0) is 11.3 Å². The Bertz CT molecular complexity index is 1330. The van der Waals surface area contributed by atoms with Crippen LogP contribution in [0.15, 0.2) is 73.4 Å². The summed E-state index contributed by atoms with van der Waals surface area (Å²) in [4.78, 5) is 19.9. The molecular weight excluding hydrogens is 447 g/mol. The first-order chi connectivity index (χ1) is 15.1. The van der Waals surface area contributed by atoms with E-state index in [9.17, 15) is 4.79 Å². The molecule has 1 atom stereocenters. The first-order valence-electron chi connectivity index (χ1n) is 9.89. The number of hydrogen-bond acceptors (Lipinski definition) is 3. The van der Waals surface area contributed by atoms with Crippen LogP contribution in [0.3, 0.4) is 0 Å². The molecule has 154 valence electrons. The number of rotatable bonds is 3.